The number of amides is 1. The zero-order valence-corrected chi connectivity index (χ0v) is 11.3. The Morgan fingerprint density at radius 3 is 2.50 bits per heavy atom. The Kier molecular flexibility index (Phi) is 3.65. The van der Waals surface area contributed by atoms with Gasteiger partial charge in [-0.1, -0.05) is 6.92 Å². The van der Waals surface area contributed by atoms with E-state index in [-0.39, 0.29) is 0 Å². The molecular weight excluding hydrogens is 258 g/mol. The summed E-state index contributed by atoms with van der Waals surface area (Å²) in [6.45, 7) is 3.19. The highest BCUT2D eigenvalue weighted by Crippen LogP contribution is 2.14. The summed E-state index contributed by atoms with van der Waals surface area (Å²) in [5.74, 6) is -1.50. The van der Waals surface area contributed by atoms with Gasteiger partial charge >= 0.3 is 5.97 Å². The topological polar surface area (TPSA) is 92.2 Å². The predicted molar refractivity (Wildman–Crippen MR) is 73.3 cm³/mol. The fourth-order valence-corrected chi connectivity index (χ4v) is 1.72. The van der Waals surface area contributed by atoms with Gasteiger partial charge in [0.25, 0.3) is 5.91 Å². The molecule has 0 fully saturated rings. The molecule has 2 aromatic rings. The molecule has 0 saturated heterocycles. The SMILES string of the molecule is CCC(C)(NC(=O)c1ccc2nccnc2c1)C(=O)O. The number of benzene rings is 1. The van der Waals surface area contributed by atoms with Crippen LogP contribution in [0, 0.1) is 0 Å². The minimum Gasteiger partial charge on any atom is -0.480 e. The van der Waals surface area contributed by atoms with E-state index in [1.54, 1.807) is 31.3 Å². The molecule has 6 nitrogen and oxygen atoms in total. The van der Waals surface area contributed by atoms with Crippen molar-refractivity contribution in [3.8, 4) is 0 Å². The first kappa shape index (κ1) is 13.9. The molecule has 0 aliphatic rings. The second-order valence-electron chi connectivity index (χ2n) is 4.70. The van der Waals surface area contributed by atoms with E-state index >= 15 is 0 Å². The third kappa shape index (κ3) is 2.59. The van der Waals surface area contributed by atoms with Crippen molar-refractivity contribution in [3.05, 3.63) is 36.2 Å². The van der Waals surface area contributed by atoms with Gasteiger partial charge in [0.15, 0.2) is 0 Å². The van der Waals surface area contributed by atoms with Crippen LogP contribution in [0.5, 0.6) is 0 Å². The van der Waals surface area contributed by atoms with Gasteiger partial charge < -0.3 is 10.4 Å². The van der Waals surface area contributed by atoms with Gasteiger partial charge in [0, 0.05) is 18.0 Å². The summed E-state index contributed by atoms with van der Waals surface area (Å²) in [5.41, 5.74) is 0.349. The monoisotopic (exact) mass is 273 g/mol. The van der Waals surface area contributed by atoms with E-state index in [0.29, 0.717) is 23.0 Å². The van der Waals surface area contributed by atoms with E-state index in [1.165, 1.54) is 13.1 Å². The van der Waals surface area contributed by atoms with Crippen LogP contribution in [0.1, 0.15) is 30.6 Å². The van der Waals surface area contributed by atoms with Crippen molar-refractivity contribution in [2.75, 3.05) is 0 Å². The van der Waals surface area contributed by atoms with Crippen LogP contribution in [0.15, 0.2) is 30.6 Å². The molecule has 20 heavy (non-hydrogen) atoms. The maximum atomic E-state index is 12.1. The summed E-state index contributed by atoms with van der Waals surface area (Å²) in [5, 5.41) is 11.7. The number of nitrogens with zero attached hydrogens (tertiary/aromatic N) is 2. The molecule has 2 rings (SSSR count). The molecule has 1 atom stereocenters. The van der Waals surface area contributed by atoms with Crippen LogP contribution in [-0.2, 0) is 4.79 Å². The maximum absolute atomic E-state index is 12.1. The van der Waals surface area contributed by atoms with E-state index in [2.05, 4.69) is 15.3 Å². The van der Waals surface area contributed by atoms with Gasteiger partial charge in [-0.05, 0) is 31.5 Å². The number of nitrogens with one attached hydrogen (secondary N) is 1. The molecule has 0 aliphatic carbocycles. The molecule has 0 aliphatic heterocycles. The first-order valence-corrected chi connectivity index (χ1v) is 6.23. The van der Waals surface area contributed by atoms with E-state index in [1.807, 2.05) is 0 Å². The summed E-state index contributed by atoms with van der Waals surface area (Å²) >= 11 is 0. The minimum absolute atomic E-state index is 0.293. The van der Waals surface area contributed by atoms with Gasteiger partial charge in [-0.25, -0.2) is 4.79 Å². The van der Waals surface area contributed by atoms with E-state index in [4.69, 9.17) is 5.11 Å². The van der Waals surface area contributed by atoms with Crippen LogP contribution in [0.3, 0.4) is 0 Å². The highest BCUT2D eigenvalue weighted by atomic mass is 16.4. The molecule has 0 spiro atoms. The lowest BCUT2D eigenvalue weighted by molar-refractivity contribution is -0.143. The van der Waals surface area contributed by atoms with E-state index < -0.39 is 17.4 Å². The summed E-state index contributed by atoms with van der Waals surface area (Å²) < 4.78 is 0. The Balaban J connectivity index is 2.29. The zero-order chi connectivity index (χ0) is 14.8. The maximum Gasteiger partial charge on any atom is 0.329 e. The van der Waals surface area contributed by atoms with Gasteiger partial charge in [0.05, 0.1) is 11.0 Å². The lowest BCUT2D eigenvalue weighted by Gasteiger charge is -2.24. The minimum atomic E-state index is -1.28. The Morgan fingerprint density at radius 1 is 1.25 bits per heavy atom. The van der Waals surface area contributed by atoms with Crippen molar-refractivity contribution in [2.24, 2.45) is 0 Å². The number of hydrogen-bond acceptors (Lipinski definition) is 4. The molecule has 0 saturated carbocycles. The average molecular weight is 273 g/mol. The fourth-order valence-electron chi connectivity index (χ4n) is 1.72. The second-order valence-corrected chi connectivity index (χ2v) is 4.70. The number of carboxylic acids is 1. The molecule has 1 unspecified atom stereocenters. The standard InChI is InChI=1S/C14H15N3O3/c1-3-14(2,13(19)20)17-12(18)9-4-5-10-11(8-9)16-7-6-15-10/h4-8H,3H2,1-2H3,(H,17,18)(H,19,20). The van der Waals surface area contributed by atoms with Crippen molar-refractivity contribution < 1.29 is 14.7 Å². The van der Waals surface area contributed by atoms with Crippen molar-refractivity contribution in [1.29, 1.82) is 0 Å². The highest BCUT2D eigenvalue weighted by molar-refractivity contribution is 5.99. The number of rotatable bonds is 4. The van der Waals surface area contributed by atoms with Gasteiger partial charge in [-0.15, -0.1) is 0 Å². The van der Waals surface area contributed by atoms with Crippen LogP contribution >= 0.6 is 0 Å². The van der Waals surface area contributed by atoms with Gasteiger partial charge in [-0.3, -0.25) is 14.8 Å². The smallest absolute Gasteiger partial charge is 0.329 e. The average Bonchev–Trinajstić information content (AvgIpc) is 2.46. The molecule has 104 valence electrons. The Bertz CT molecular complexity index is 672. The van der Waals surface area contributed by atoms with Crippen LogP contribution in [0.25, 0.3) is 11.0 Å². The normalized spacial score (nSPS) is 13.7. The summed E-state index contributed by atoms with van der Waals surface area (Å²) in [6, 6.07) is 4.88. The Labute approximate surface area is 115 Å². The first-order chi connectivity index (χ1) is 9.46. The number of fused-ring (bicyclic) bond motifs is 1. The molecule has 0 radical (unpaired) electrons. The molecule has 6 heteroatoms. The molecule has 2 N–H and O–H groups in total. The second kappa shape index (κ2) is 5.24. The number of aliphatic carboxylic acids is 1. The number of carbonyl (C=O) groups is 2. The fraction of sp³-hybridized carbons (Fsp3) is 0.286. The van der Waals surface area contributed by atoms with E-state index in [0.717, 1.165) is 0 Å². The number of aromatic nitrogens is 2. The van der Waals surface area contributed by atoms with E-state index in [9.17, 15) is 9.59 Å². The lowest BCUT2D eigenvalue weighted by atomic mass is 9.98. The van der Waals surface area contributed by atoms with Crippen LogP contribution < -0.4 is 5.32 Å². The zero-order valence-electron chi connectivity index (χ0n) is 11.3. The molecule has 0 bridgehead atoms. The third-order valence-corrected chi connectivity index (χ3v) is 3.30. The van der Waals surface area contributed by atoms with Crippen LogP contribution in [-0.4, -0.2) is 32.5 Å². The van der Waals surface area contributed by atoms with Gasteiger partial charge in [0.2, 0.25) is 0 Å². The Hall–Kier alpha value is -2.50. The molecular formula is C14H15N3O3. The quantitative estimate of drug-likeness (QED) is 0.883. The molecule has 1 amide bonds. The highest BCUT2D eigenvalue weighted by Gasteiger charge is 2.33. The van der Waals surface area contributed by atoms with Gasteiger partial charge in [0.1, 0.15) is 5.54 Å². The summed E-state index contributed by atoms with van der Waals surface area (Å²) in [6.07, 6.45) is 3.40. The summed E-state index contributed by atoms with van der Waals surface area (Å²) in [4.78, 5) is 31.6. The number of carbonyl (C=O) groups excluding carboxylic acids is 1. The largest absolute Gasteiger partial charge is 0.480 e. The van der Waals surface area contributed by atoms with Gasteiger partial charge in [-0.2, -0.15) is 0 Å². The van der Waals surface area contributed by atoms with Crippen LogP contribution in [0.2, 0.25) is 0 Å². The predicted octanol–water partition coefficient (Wildman–Crippen LogP) is 1.61. The Morgan fingerprint density at radius 2 is 1.90 bits per heavy atom. The van der Waals surface area contributed by atoms with Crippen molar-refractivity contribution >= 4 is 22.9 Å². The third-order valence-electron chi connectivity index (χ3n) is 3.30. The molecule has 1 heterocycles. The number of hydrogen-bond donors (Lipinski definition) is 2. The lowest BCUT2D eigenvalue weighted by Crippen LogP contribution is -2.51. The summed E-state index contributed by atoms with van der Waals surface area (Å²) in [7, 11) is 0. The van der Waals surface area contributed by atoms with Crippen molar-refractivity contribution in [1.82, 2.24) is 15.3 Å². The van der Waals surface area contributed by atoms with Crippen molar-refractivity contribution in [3.63, 3.8) is 0 Å². The van der Waals surface area contributed by atoms with Crippen molar-refractivity contribution in [2.45, 2.75) is 25.8 Å². The number of carboxylic acid groups (broad SMARTS) is 1. The van der Waals surface area contributed by atoms with Crippen LogP contribution in [0.4, 0.5) is 0 Å². The molecule has 1 aromatic heterocycles. The first-order valence-electron chi connectivity index (χ1n) is 6.23. The molecule has 1 aromatic carbocycles.